The molecule has 2 aromatic heterocycles. The molecule has 0 radical (unpaired) electrons. The third kappa shape index (κ3) is 2.70. The fraction of sp³-hybridized carbons (Fsp3) is 0.278. The summed E-state index contributed by atoms with van der Waals surface area (Å²) in [5, 5.41) is 3.03. The van der Waals surface area contributed by atoms with E-state index >= 15 is 0 Å². The Balaban J connectivity index is 1.60. The van der Waals surface area contributed by atoms with Crippen LogP contribution < -0.4 is 5.32 Å². The number of hydrogen-bond acceptors (Lipinski definition) is 3. The standard InChI is InChI=1S/C18H18N4O/c1-11(12-5-3-2-4-6-12)21-18(23)14-9-19-17-16(14)22-15(10-20-17)13-7-8-13/h2-6,9-11,13H,7-8H2,1H3,(H,19,20)(H,21,23). The molecule has 116 valence electrons. The van der Waals surface area contributed by atoms with Crippen LogP contribution in [0.5, 0.6) is 0 Å². The second-order valence-electron chi connectivity index (χ2n) is 6.07. The number of carbonyl (C=O) groups excluding carboxylic acids is 1. The summed E-state index contributed by atoms with van der Waals surface area (Å²) in [6.07, 6.45) is 5.83. The van der Waals surface area contributed by atoms with Crippen molar-refractivity contribution in [3.05, 3.63) is 59.5 Å². The van der Waals surface area contributed by atoms with Crippen molar-refractivity contribution in [3.8, 4) is 0 Å². The second-order valence-corrected chi connectivity index (χ2v) is 6.07. The van der Waals surface area contributed by atoms with Gasteiger partial charge in [-0.05, 0) is 25.3 Å². The summed E-state index contributed by atoms with van der Waals surface area (Å²) in [4.78, 5) is 24.7. The zero-order chi connectivity index (χ0) is 15.8. The van der Waals surface area contributed by atoms with Gasteiger partial charge in [-0.15, -0.1) is 0 Å². The molecule has 0 aliphatic heterocycles. The SMILES string of the molecule is CC(NC(=O)c1c[nH]c2ncc(C3CC3)nc12)c1ccccc1. The van der Waals surface area contributed by atoms with Crippen LogP contribution in [0.4, 0.5) is 0 Å². The van der Waals surface area contributed by atoms with Gasteiger partial charge >= 0.3 is 0 Å². The first-order chi connectivity index (χ1) is 11.2. The van der Waals surface area contributed by atoms with Crippen molar-refractivity contribution in [2.24, 2.45) is 0 Å². The summed E-state index contributed by atoms with van der Waals surface area (Å²) in [5.41, 5.74) is 3.93. The van der Waals surface area contributed by atoms with Crippen molar-refractivity contribution in [2.45, 2.75) is 31.7 Å². The van der Waals surface area contributed by atoms with E-state index in [4.69, 9.17) is 0 Å². The average molecular weight is 306 g/mol. The van der Waals surface area contributed by atoms with E-state index in [9.17, 15) is 4.79 Å². The summed E-state index contributed by atoms with van der Waals surface area (Å²) in [6.45, 7) is 1.98. The maximum atomic E-state index is 12.6. The highest BCUT2D eigenvalue weighted by Gasteiger charge is 2.26. The van der Waals surface area contributed by atoms with Gasteiger partial charge in [-0.2, -0.15) is 0 Å². The lowest BCUT2D eigenvalue weighted by atomic mass is 10.1. The van der Waals surface area contributed by atoms with Crippen molar-refractivity contribution in [2.75, 3.05) is 0 Å². The molecule has 0 saturated heterocycles. The number of H-pyrrole nitrogens is 1. The van der Waals surface area contributed by atoms with Crippen molar-refractivity contribution in [1.82, 2.24) is 20.3 Å². The number of hydrogen-bond donors (Lipinski definition) is 2. The molecule has 1 unspecified atom stereocenters. The van der Waals surface area contributed by atoms with Gasteiger partial charge in [-0.3, -0.25) is 4.79 Å². The number of carbonyl (C=O) groups is 1. The molecule has 1 fully saturated rings. The molecular formula is C18H18N4O. The van der Waals surface area contributed by atoms with Gasteiger partial charge in [0.25, 0.3) is 5.91 Å². The maximum Gasteiger partial charge on any atom is 0.255 e. The zero-order valence-corrected chi connectivity index (χ0v) is 12.9. The lowest BCUT2D eigenvalue weighted by Crippen LogP contribution is -2.26. The Bertz CT molecular complexity index is 852. The molecule has 23 heavy (non-hydrogen) atoms. The summed E-state index contributed by atoms with van der Waals surface area (Å²) < 4.78 is 0. The third-order valence-electron chi connectivity index (χ3n) is 4.29. The Kier molecular flexibility index (Phi) is 3.33. The van der Waals surface area contributed by atoms with E-state index in [1.165, 1.54) is 0 Å². The van der Waals surface area contributed by atoms with Crippen molar-refractivity contribution < 1.29 is 4.79 Å². The highest BCUT2D eigenvalue weighted by Crippen LogP contribution is 2.39. The van der Waals surface area contributed by atoms with Gasteiger partial charge in [0.1, 0.15) is 5.52 Å². The van der Waals surface area contributed by atoms with E-state index in [1.807, 2.05) is 43.5 Å². The molecule has 2 heterocycles. The maximum absolute atomic E-state index is 12.6. The van der Waals surface area contributed by atoms with E-state index in [1.54, 1.807) is 6.20 Å². The molecular weight excluding hydrogens is 288 g/mol. The van der Waals surface area contributed by atoms with E-state index in [2.05, 4.69) is 20.3 Å². The van der Waals surface area contributed by atoms with Crippen molar-refractivity contribution in [3.63, 3.8) is 0 Å². The molecule has 1 aliphatic rings. The molecule has 1 atom stereocenters. The number of nitrogens with zero attached hydrogens (tertiary/aromatic N) is 2. The minimum atomic E-state index is -0.130. The number of nitrogens with one attached hydrogen (secondary N) is 2. The van der Waals surface area contributed by atoms with Gasteiger partial charge in [-0.1, -0.05) is 30.3 Å². The van der Waals surface area contributed by atoms with Crippen molar-refractivity contribution >= 4 is 17.1 Å². The fourth-order valence-electron chi connectivity index (χ4n) is 2.75. The minimum Gasteiger partial charge on any atom is -0.345 e. The third-order valence-corrected chi connectivity index (χ3v) is 4.29. The van der Waals surface area contributed by atoms with Crippen LogP contribution in [-0.4, -0.2) is 20.9 Å². The van der Waals surface area contributed by atoms with E-state index in [-0.39, 0.29) is 11.9 Å². The molecule has 0 spiro atoms. The van der Waals surface area contributed by atoms with Crippen LogP contribution in [-0.2, 0) is 0 Å². The molecule has 1 aromatic carbocycles. The van der Waals surface area contributed by atoms with Gasteiger partial charge < -0.3 is 10.3 Å². The van der Waals surface area contributed by atoms with Gasteiger partial charge in [0.15, 0.2) is 5.65 Å². The molecule has 5 heteroatoms. The molecule has 0 bridgehead atoms. The Morgan fingerprint density at radius 3 is 2.83 bits per heavy atom. The fourth-order valence-corrected chi connectivity index (χ4v) is 2.75. The average Bonchev–Trinajstić information content (AvgIpc) is 3.34. The molecule has 1 amide bonds. The second kappa shape index (κ2) is 5.50. The smallest absolute Gasteiger partial charge is 0.255 e. The summed E-state index contributed by atoms with van der Waals surface area (Å²) in [7, 11) is 0. The Morgan fingerprint density at radius 2 is 2.09 bits per heavy atom. The molecule has 1 aliphatic carbocycles. The van der Waals surface area contributed by atoms with E-state index in [0.717, 1.165) is 24.1 Å². The van der Waals surface area contributed by atoms with Crippen LogP contribution in [0.1, 0.15) is 53.3 Å². The quantitative estimate of drug-likeness (QED) is 0.776. The summed E-state index contributed by atoms with van der Waals surface area (Å²) in [6, 6.07) is 9.85. The van der Waals surface area contributed by atoms with Crippen molar-refractivity contribution in [1.29, 1.82) is 0 Å². The summed E-state index contributed by atoms with van der Waals surface area (Å²) >= 11 is 0. The van der Waals surface area contributed by atoms with Gasteiger partial charge in [0.05, 0.1) is 23.5 Å². The Morgan fingerprint density at radius 1 is 1.30 bits per heavy atom. The molecule has 5 nitrogen and oxygen atoms in total. The lowest BCUT2D eigenvalue weighted by Gasteiger charge is -2.13. The highest BCUT2D eigenvalue weighted by molar-refractivity contribution is 6.04. The van der Waals surface area contributed by atoms with Crippen LogP contribution in [0.25, 0.3) is 11.2 Å². The molecule has 1 saturated carbocycles. The zero-order valence-electron chi connectivity index (χ0n) is 12.9. The number of benzene rings is 1. The Labute approximate surface area is 134 Å². The van der Waals surface area contributed by atoms with Gasteiger partial charge in [0, 0.05) is 12.1 Å². The topological polar surface area (TPSA) is 70.7 Å². The van der Waals surface area contributed by atoms with Crippen LogP contribution in [0, 0.1) is 0 Å². The van der Waals surface area contributed by atoms with E-state index < -0.39 is 0 Å². The largest absolute Gasteiger partial charge is 0.345 e. The van der Waals surface area contributed by atoms with Crippen LogP contribution in [0.2, 0.25) is 0 Å². The molecule has 2 N–H and O–H groups in total. The van der Waals surface area contributed by atoms with E-state index in [0.29, 0.717) is 22.6 Å². The molecule has 4 rings (SSSR count). The number of rotatable bonds is 4. The predicted molar refractivity (Wildman–Crippen MR) is 88.2 cm³/mol. The summed E-state index contributed by atoms with van der Waals surface area (Å²) in [5.74, 6) is 0.385. The van der Waals surface area contributed by atoms with Crippen LogP contribution in [0.15, 0.2) is 42.7 Å². The van der Waals surface area contributed by atoms with Gasteiger partial charge in [-0.25, -0.2) is 9.97 Å². The number of amides is 1. The first-order valence-electron chi connectivity index (χ1n) is 7.92. The number of fused-ring (bicyclic) bond motifs is 1. The number of aromatic amines is 1. The predicted octanol–water partition coefficient (Wildman–Crippen LogP) is 3.33. The minimum absolute atomic E-state index is 0.0618. The first-order valence-corrected chi connectivity index (χ1v) is 7.92. The first kappa shape index (κ1) is 13.9. The molecule has 3 aromatic rings. The van der Waals surface area contributed by atoms with Crippen LogP contribution >= 0.6 is 0 Å². The monoisotopic (exact) mass is 306 g/mol. The van der Waals surface area contributed by atoms with Gasteiger partial charge in [0.2, 0.25) is 0 Å². The normalized spacial score (nSPS) is 15.5. The van der Waals surface area contributed by atoms with Crippen LogP contribution in [0.3, 0.4) is 0 Å². The highest BCUT2D eigenvalue weighted by atomic mass is 16.1. The number of aromatic nitrogens is 3. The Hall–Kier alpha value is -2.69. The lowest BCUT2D eigenvalue weighted by molar-refractivity contribution is 0.0941.